The van der Waals surface area contributed by atoms with Gasteiger partial charge in [0.25, 0.3) is 0 Å². The molecule has 2 rings (SSSR count). The molecule has 1 aromatic rings. The van der Waals surface area contributed by atoms with E-state index >= 15 is 0 Å². The number of rotatable bonds is 3. The molecule has 118 valence electrons. The van der Waals surface area contributed by atoms with E-state index in [1.165, 1.54) is 0 Å². The first kappa shape index (κ1) is 16.2. The lowest BCUT2D eigenvalue weighted by Gasteiger charge is -2.28. The quantitative estimate of drug-likeness (QED) is 0.924. The van der Waals surface area contributed by atoms with Crippen LogP contribution in [0.25, 0.3) is 0 Å². The number of hydrogen-bond donors (Lipinski definition) is 1. The fraction of sp³-hybridized carbons (Fsp3) is 0.647. The molecule has 0 bridgehead atoms. The highest BCUT2D eigenvalue weighted by Crippen LogP contribution is 2.25. The fourth-order valence-corrected chi connectivity index (χ4v) is 2.66. The molecule has 0 aliphatic carbocycles. The van der Waals surface area contributed by atoms with Crippen molar-refractivity contribution in [3.8, 4) is 0 Å². The van der Waals surface area contributed by atoms with E-state index < -0.39 is 0 Å². The van der Waals surface area contributed by atoms with Gasteiger partial charge in [-0.05, 0) is 52.9 Å². The zero-order valence-electron chi connectivity index (χ0n) is 13.7. The first-order valence-electron chi connectivity index (χ1n) is 7.83. The molecule has 0 amide bonds. The van der Waals surface area contributed by atoms with Crippen LogP contribution in [0.4, 0.5) is 10.1 Å². The van der Waals surface area contributed by atoms with Crippen molar-refractivity contribution in [1.29, 1.82) is 0 Å². The molecule has 1 heterocycles. The second-order valence-electron chi connectivity index (χ2n) is 6.98. The Hall–Kier alpha value is -1.13. The Labute approximate surface area is 128 Å². The topological polar surface area (TPSA) is 18.5 Å². The maximum Gasteiger partial charge on any atom is 0.129 e. The molecule has 1 aliphatic rings. The van der Waals surface area contributed by atoms with Gasteiger partial charge in [0.05, 0.1) is 0 Å². The predicted molar refractivity (Wildman–Crippen MR) is 87.3 cm³/mol. The molecule has 0 spiro atoms. The van der Waals surface area contributed by atoms with E-state index in [1.807, 2.05) is 12.1 Å². The molecule has 21 heavy (non-hydrogen) atoms. The average molecular weight is 293 g/mol. The maximum absolute atomic E-state index is 14.3. The van der Waals surface area contributed by atoms with Gasteiger partial charge in [0.2, 0.25) is 0 Å². The van der Waals surface area contributed by atoms with Gasteiger partial charge in [-0.1, -0.05) is 6.07 Å². The molecule has 1 aromatic carbocycles. The Balaban J connectivity index is 2.20. The maximum atomic E-state index is 14.3. The Morgan fingerprint density at radius 2 is 1.90 bits per heavy atom. The van der Waals surface area contributed by atoms with Crippen molar-refractivity contribution in [1.82, 2.24) is 10.2 Å². The minimum Gasteiger partial charge on any atom is -0.370 e. The monoisotopic (exact) mass is 293 g/mol. The van der Waals surface area contributed by atoms with Crippen LogP contribution in [0, 0.1) is 5.82 Å². The first-order chi connectivity index (χ1) is 9.87. The van der Waals surface area contributed by atoms with Gasteiger partial charge >= 0.3 is 0 Å². The molecule has 1 N–H and O–H groups in total. The Kier molecular flexibility index (Phi) is 5.22. The molecule has 0 unspecified atom stereocenters. The molecule has 1 fully saturated rings. The minimum absolute atomic E-state index is 0.0153. The van der Waals surface area contributed by atoms with Crippen molar-refractivity contribution in [3.05, 3.63) is 29.6 Å². The van der Waals surface area contributed by atoms with Crippen LogP contribution in [0.2, 0.25) is 0 Å². The van der Waals surface area contributed by atoms with Crippen LogP contribution in [-0.4, -0.2) is 43.7 Å². The van der Waals surface area contributed by atoms with E-state index in [4.69, 9.17) is 0 Å². The van der Waals surface area contributed by atoms with Gasteiger partial charge in [-0.3, -0.25) is 0 Å². The number of hydrogen-bond acceptors (Lipinski definition) is 3. The van der Waals surface area contributed by atoms with Crippen molar-refractivity contribution in [3.63, 3.8) is 0 Å². The smallest absolute Gasteiger partial charge is 0.129 e. The van der Waals surface area contributed by atoms with Crippen molar-refractivity contribution in [2.45, 2.75) is 39.3 Å². The summed E-state index contributed by atoms with van der Waals surface area (Å²) in [6, 6.07) is 5.43. The molecule has 3 nitrogen and oxygen atoms in total. The highest BCUT2D eigenvalue weighted by atomic mass is 19.1. The Morgan fingerprint density at radius 1 is 1.14 bits per heavy atom. The van der Waals surface area contributed by atoms with Crippen molar-refractivity contribution < 1.29 is 4.39 Å². The fourth-order valence-electron chi connectivity index (χ4n) is 2.66. The summed E-state index contributed by atoms with van der Waals surface area (Å²) in [5.41, 5.74) is 1.82. The molecular weight excluding hydrogens is 265 g/mol. The van der Waals surface area contributed by atoms with Gasteiger partial charge in [-0.15, -0.1) is 0 Å². The number of likely N-dealkylation sites (N-methyl/N-ethyl adjacent to an activating group) is 1. The number of benzene rings is 1. The van der Waals surface area contributed by atoms with Gasteiger partial charge in [-0.25, -0.2) is 4.39 Å². The Morgan fingerprint density at radius 3 is 2.62 bits per heavy atom. The van der Waals surface area contributed by atoms with Crippen LogP contribution in [0.5, 0.6) is 0 Å². The van der Waals surface area contributed by atoms with Crippen LogP contribution in [-0.2, 0) is 6.54 Å². The third-order valence-electron chi connectivity index (χ3n) is 3.95. The summed E-state index contributed by atoms with van der Waals surface area (Å²) in [5, 5.41) is 3.41. The van der Waals surface area contributed by atoms with Gasteiger partial charge in [0.1, 0.15) is 5.82 Å². The Bertz CT molecular complexity index is 468. The van der Waals surface area contributed by atoms with Gasteiger partial charge < -0.3 is 15.1 Å². The SMILES string of the molecule is CN1CCCN(c2cccc(F)c2CNC(C)(C)C)CC1. The second-order valence-corrected chi connectivity index (χ2v) is 6.98. The van der Waals surface area contributed by atoms with Crippen molar-refractivity contribution >= 4 is 5.69 Å². The van der Waals surface area contributed by atoms with E-state index in [9.17, 15) is 4.39 Å². The summed E-state index contributed by atoms with van der Waals surface area (Å²) in [4.78, 5) is 4.67. The predicted octanol–water partition coefficient (Wildman–Crippen LogP) is 2.86. The summed E-state index contributed by atoms with van der Waals surface area (Å²) in [7, 11) is 2.15. The molecule has 1 saturated heterocycles. The lowest BCUT2D eigenvalue weighted by Crippen LogP contribution is -2.36. The summed E-state index contributed by atoms with van der Waals surface area (Å²) >= 11 is 0. The van der Waals surface area contributed by atoms with Crippen molar-refractivity contribution in [2.24, 2.45) is 0 Å². The summed E-state index contributed by atoms with van der Waals surface area (Å²) < 4.78 is 14.3. The third-order valence-corrected chi connectivity index (χ3v) is 3.95. The average Bonchev–Trinajstić information content (AvgIpc) is 2.61. The summed E-state index contributed by atoms with van der Waals surface area (Å²) in [6.07, 6.45) is 1.12. The van der Waals surface area contributed by atoms with E-state index in [0.717, 1.165) is 43.9 Å². The molecule has 0 aromatic heterocycles. The van der Waals surface area contributed by atoms with E-state index in [0.29, 0.717) is 6.54 Å². The van der Waals surface area contributed by atoms with Crippen LogP contribution >= 0.6 is 0 Å². The molecule has 1 aliphatic heterocycles. The van der Waals surface area contributed by atoms with Crippen LogP contribution in [0.3, 0.4) is 0 Å². The van der Waals surface area contributed by atoms with Crippen LogP contribution in [0.15, 0.2) is 18.2 Å². The molecule has 0 radical (unpaired) electrons. The van der Waals surface area contributed by atoms with Gasteiger partial charge in [0, 0.05) is 43.0 Å². The van der Waals surface area contributed by atoms with Gasteiger partial charge in [-0.2, -0.15) is 0 Å². The molecular formula is C17H28FN3. The lowest BCUT2D eigenvalue weighted by molar-refractivity contribution is 0.360. The second kappa shape index (κ2) is 6.75. The van der Waals surface area contributed by atoms with E-state index in [2.05, 4.69) is 42.9 Å². The zero-order chi connectivity index (χ0) is 15.5. The van der Waals surface area contributed by atoms with Crippen molar-refractivity contribution in [2.75, 3.05) is 38.1 Å². The first-order valence-corrected chi connectivity index (χ1v) is 7.83. The third kappa shape index (κ3) is 4.68. The lowest BCUT2D eigenvalue weighted by atomic mass is 10.1. The number of nitrogens with zero attached hydrogens (tertiary/aromatic N) is 2. The van der Waals surface area contributed by atoms with Crippen LogP contribution < -0.4 is 10.2 Å². The summed E-state index contributed by atoms with van der Waals surface area (Å²) in [6.45, 7) is 11.0. The standard InChI is InChI=1S/C17H28FN3/c1-17(2,3)19-13-14-15(18)7-5-8-16(14)21-10-6-9-20(4)11-12-21/h5,7-8,19H,6,9-13H2,1-4H3. The zero-order valence-corrected chi connectivity index (χ0v) is 13.7. The molecule has 0 atom stereocenters. The molecule has 0 saturated carbocycles. The van der Waals surface area contributed by atoms with E-state index in [1.54, 1.807) is 6.07 Å². The number of nitrogens with one attached hydrogen (secondary N) is 1. The number of anilines is 1. The molecule has 4 heteroatoms. The largest absolute Gasteiger partial charge is 0.370 e. The highest BCUT2D eigenvalue weighted by molar-refractivity contribution is 5.54. The minimum atomic E-state index is -0.109. The normalized spacial score (nSPS) is 17.9. The summed E-state index contributed by atoms with van der Waals surface area (Å²) in [5.74, 6) is -0.109. The highest BCUT2D eigenvalue weighted by Gasteiger charge is 2.19. The van der Waals surface area contributed by atoms with Crippen LogP contribution in [0.1, 0.15) is 32.8 Å². The van der Waals surface area contributed by atoms with E-state index in [-0.39, 0.29) is 11.4 Å². The number of halogens is 1. The van der Waals surface area contributed by atoms with Gasteiger partial charge in [0.15, 0.2) is 0 Å².